The van der Waals surface area contributed by atoms with Gasteiger partial charge in [0, 0.05) is 38.4 Å². The van der Waals surface area contributed by atoms with Crippen LogP contribution >= 0.6 is 0 Å². The third kappa shape index (κ3) is 4.81. The van der Waals surface area contributed by atoms with Gasteiger partial charge < -0.3 is 15.2 Å². The van der Waals surface area contributed by atoms with Gasteiger partial charge in [-0.25, -0.2) is 4.98 Å². The van der Waals surface area contributed by atoms with Gasteiger partial charge in [0.1, 0.15) is 17.0 Å². The van der Waals surface area contributed by atoms with Crippen LogP contribution in [0.25, 0.3) is 11.0 Å². The molecule has 2 aliphatic rings. The van der Waals surface area contributed by atoms with Crippen LogP contribution in [0.5, 0.6) is 5.75 Å². The van der Waals surface area contributed by atoms with Gasteiger partial charge in [-0.05, 0) is 57.6 Å². The Bertz CT molecular complexity index is 1020. The maximum atomic E-state index is 13.4. The van der Waals surface area contributed by atoms with Gasteiger partial charge >= 0.3 is 0 Å². The van der Waals surface area contributed by atoms with Crippen LogP contribution in [0.2, 0.25) is 0 Å². The van der Waals surface area contributed by atoms with E-state index in [9.17, 15) is 14.7 Å². The first kappa shape index (κ1) is 22.7. The number of amides is 1. The molecule has 32 heavy (non-hydrogen) atoms. The highest BCUT2D eigenvalue weighted by Gasteiger charge is 2.27. The molecule has 0 bridgehead atoms. The van der Waals surface area contributed by atoms with Crippen LogP contribution in [-0.4, -0.2) is 63.3 Å². The zero-order valence-electron chi connectivity index (χ0n) is 19.2. The molecule has 2 atom stereocenters. The fourth-order valence-electron chi connectivity index (χ4n) is 5.05. The fraction of sp³-hybridized carbons (Fsp3) is 0.625. The molecule has 0 unspecified atom stereocenters. The first-order valence-electron chi connectivity index (χ1n) is 11.7. The first-order valence-corrected chi connectivity index (χ1v) is 11.7. The van der Waals surface area contributed by atoms with Crippen molar-refractivity contribution < 1.29 is 14.6 Å². The molecule has 3 heterocycles. The van der Waals surface area contributed by atoms with Crippen LogP contribution in [-0.2, 0) is 11.3 Å². The highest BCUT2D eigenvalue weighted by molar-refractivity contribution is 6.01. The number of hydrogen-bond acceptors (Lipinski definition) is 6. The summed E-state index contributed by atoms with van der Waals surface area (Å²) >= 11 is 0. The molecule has 1 amide bonds. The van der Waals surface area contributed by atoms with Gasteiger partial charge in [-0.3, -0.25) is 19.1 Å². The van der Waals surface area contributed by atoms with Crippen LogP contribution in [0.1, 0.15) is 56.8 Å². The van der Waals surface area contributed by atoms with Crippen molar-refractivity contribution in [3.05, 3.63) is 34.2 Å². The van der Waals surface area contributed by atoms with Crippen molar-refractivity contribution in [3.8, 4) is 5.75 Å². The highest BCUT2D eigenvalue weighted by Crippen LogP contribution is 2.27. The number of nitrogens with one attached hydrogen (secondary N) is 1. The molecule has 0 radical (unpaired) electrons. The van der Waals surface area contributed by atoms with Gasteiger partial charge in [-0.1, -0.05) is 6.92 Å². The molecule has 1 saturated heterocycles. The molecule has 0 aromatic carbocycles. The SMILES string of the molecule is C[C@@H]1CN(CCn2c(=O)c(C(=O)N[C@H]3CC[C@@H](C)CC3)c(O)c3cccnc32)C[C@H](C)O1. The van der Waals surface area contributed by atoms with E-state index in [1.54, 1.807) is 18.3 Å². The summed E-state index contributed by atoms with van der Waals surface area (Å²) in [6.45, 7) is 8.89. The minimum absolute atomic E-state index is 0.0341. The predicted octanol–water partition coefficient (Wildman–Crippen LogP) is 2.52. The molecule has 1 aliphatic heterocycles. The van der Waals surface area contributed by atoms with Crippen molar-refractivity contribution in [1.29, 1.82) is 0 Å². The van der Waals surface area contributed by atoms with E-state index in [-0.39, 0.29) is 29.6 Å². The van der Waals surface area contributed by atoms with Crippen LogP contribution in [0.4, 0.5) is 0 Å². The van der Waals surface area contributed by atoms with Crippen molar-refractivity contribution in [2.75, 3.05) is 19.6 Å². The van der Waals surface area contributed by atoms with Crippen molar-refractivity contribution in [1.82, 2.24) is 19.8 Å². The van der Waals surface area contributed by atoms with E-state index >= 15 is 0 Å². The lowest BCUT2D eigenvalue weighted by molar-refractivity contribution is -0.0685. The molecule has 1 saturated carbocycles. The predicted molar refractivity (Wildman–Crippen MR) is 123 cm³/mol. The van der Waals surface area contributed by atoms with Gasteiger partial charge in [-0.15, -0.1) is 0 Å². The van der Waals surface area contributed by atoms with Crippen LogP contribution in [0.15, 0.2) is 23.1 Å². The number of morpholine rings is 1. The number of hydrogen-bond donors (Lipinski definition) is 2. The molecule has 174 valence electrons. The second-order valence-electron chi connectivity index (χ2n) is 9.50. The summed E-state index contributed by atoms with van der Waals surface area (Å²) in [5.41, 5.74) is -0.287. The second-order valence-corrected chi connectivity index (χ2v) is 9.50. The topological polar surface area (TPSA) is 96.7 Å². The molecular weight excluding hydrogens is 408 g/mol. The number of aromatic nitrogens is 2. The van der Waals surface area contributed by atoms with Gasteiger partial charge in [-0.2, -0.15) is 0 Å². The second kappa shape index (κ2) is 9.58. The summed E-state index contributed by atoms with van der Waals surface area (Å²) in [6, 6.07) is 3.43. The van der Waals surface area contributed by atoms with Crippen molar-refractivity contribution in [2.24, 2.45) is 5.92 Å². The normalized spacial score (nSPS) is 26.8. The summed E-state index contributed by atoms with van der Waals surface area (Å²) in [6.07, 6.45) is 5.75. The van der Waals surface area contributed by atoms with E-state index < -0.39 is 11.5 Å². The van der Waals surface area contributed by atoms with Crippen molar-refractivity contribution >= 4 is 16.9 Å². The molecule has 8 heteroatoms. The minimum atomic E-state index is -0.500. The monoisotopic (exact) mass is 442 g/mol. The molecule has 0 spiro atoms. The Kier molecular flexibility index (Phi) is 6.81. The van der Waals surface area contributed by atoms with Crippen LogP contribution < -0.4 is 10.9 Å². The number of pyridine rings is 2. The summed E-state index contributed by atoms with van der Waals surface area (Å²) in [5, 5.41) is 14.2. The summed E-state index contributed by atoms with van der Waals surface area (Å²) in [7, 11) is 0. The number of aromatic hydroxyl groups is 1. The average Bonchev–Trinajstić information content (AvgIpc) is 2.75. The minimum Gasteiger partial charge on any atom is -0.506 e. The molecule has 2 aromatic heterocycles. The van der Waals surface area contributed by atoms with E-state index in [1.165, 1.54) is 4.57 Å². The van der Waals surface area contributed by atoms with Gasteiger partial charge in [0.15, 0.2) is 0 Å². The Morgan fingerprint density at radius 1 is 1.16 bits per heavy atom. The standard InChI is InChI=1S/C24H34N4O4/c1-15-6-8-18(9-7-15)26-23(30)20-21(29)19-5-4-10-25-22(19)28(24(20)31)12-11-27-13-16(2)32-17(3)14-27/h4-5,10,15-18,29H,6-9,11-14H2,1-3H3,(H,26,30)/t15-,16-,17+,18+. The number of nitrogens with zero attached hydrogens (tertiary/aromatic N) is 3. The first-order chi connectivity index (χ1) is 15.3. The van der Waals surface area contributed by atoms with Crippen molar-refractivity contribution in [2.45, 2.75) is 71.2 Å². The zero-order chi connectivity index (χ0) is 22.8. The van der Waals surface area contributed by atoms with Gasteiger partial charge in [0.2, 0.25) is 0 Å². The Hall–Kier alpha value is -2.45. The number of fused-ring (bicyclic) bond motifs is 1. The zero-order valence-corrected chi connectivity index (χ0v) is 19.2. The van der Waals surface area contributed by atoms with E-state index in [1.807, 2.05) is 13.8 Å². The fourth-order valence-corrected chi connectivity index (χ4v) is 5.05. The van der Waals surface area contributed by atoms with E-state index in [0.29, 0.717) is 30.0 Å². The lowest BCUT2D eigenvalue weighted by Gasteiger charge is -2.35. The van der Waals surface area contributed by atoms with E-state index in [0.717, 1.165) is 38.8 Å². The number of carbonyl (C=O) groups excluding carboxylic acids is 1. The molecule has 2 fully saturated rings. The van der Waals surface area contributed by atoms with E-state index in [2.05, 4.69) is 22.1 Å². The van der Waals surface area contributed by atoms with Crippen molar-refractivity contribution in [3.63, 3.8) is 0 Å². The third-order valence-electron chi connectivity index (χ3n) is 6.71. The summed E-state index contributed by atoms with van der Waals surface area (Å²) < 4.78 is 7.32. The molecule has 4 rings (SSSR count). The smallest absolute Gasteiger partial charge is 0.268 e. The average molecular weight is 443 g/mol. The molecule has 1 aliphatic carbocycles. The highest BCUT2D eigenvalue weighted by atomic mass is 16.5. The summed E-state index contributed by atoms with van der Waals surface area (Å²) in [4.78, 5) is 33.1. The maximum absolute atomic E-state index is 13.4. The Balaban J connectivity index is 1.62. The molecule has 2 aromatic rings. The number of rotatable bonds is 5. The van der Waals surface area contributed by atoms with Gasteiger partial charge in [0.05, 0.1) is 17.6 Å². The van der Waals surface area contributed by atoms with Crippen LogP contribution in [0, 0.1) is 5.92 Å². The molecule has 2 N–H and O–H groups in total. The number of carbonyl (C=O) groups is 1. The molecule has 8 nitrogen and oxygen atoms in total. The third-order valence-corrected chi connectivity index (χ3v) is 6.71. The van der Waals surface area contributed by atoms with E-state index in [4.69, 9.17) is 4.74 Å². The van der Waals surface area contributed by atoms with Crippen LogP contribution in [0.3, 0.4) is 0 Å². The number of ether oxygens (including phenoxy) is 1. The Morgan fingerprint density at radius 3 is 2.53 bits per heavy atom. The lowest BCUT2D eigenvalue weighted by atomic mass is 9.87. The molecular formula is C24H34N4O4. The Labute approximate surface area is 188 Å². The van der Waals surface area contributed by atoms with Gasteiger partial charge in [0.25, 0.3) is 11.5 Å². The lowest BCUT2D eigenvalue weighted by Crippen LogP contribution is -2.47. The summed E-state index contributed by atoms with van der Waals surface area (Å²) in [5.74, 6) is -0.129. The largest absolute Gasteiger partial charge is 0.506 e. The Morgan fingerprint density at radius 2 is 1.84 bits per heavy atom. The maximum Gasteiger partial charge on any atom is 0.268 e. The quantitative estimate of drug-likeness (QED) is 0.739.